The molecule has 4 aromatic rings. The predicted octanol–water partition coefficient (Wildman–Crippen LogP) is 6.57. The van der Waals surface area contributed by atoms with Gasteiger partial charge in [-0.15, -0.1) is 0 Å². The van der Waals surface area contributed by atoms with E-state index in [1.54, 1.807) is 0 Å². The van der Waals surface area contributed by atoms with E-state index in [9.17, 15) is 0 Å². The lowest BCUT2D eigenvalue weighted by molar-refractivity contribution is 0.967. The van der Waals surface area contributed by atoms with E-state index in [0.717, 1.165) is 12.8 Å². The third-order valence-corrected chi connectivity index (χ3v) is 5.32. The zero-order valence-electron chi connectivity index (χ0n) is 14.9. The van der Waals surface area contributed by atoms with Crippen LogP contribution in [0.3, 0.4) is 0 Å². The molecule has 0 aliphatic heterocycles. The molecule has 1 heterocycles. The van der Waals surface area contributed by atoms with Gasteiger partial charge in [0.15, 0.2) is 0 Å². The van der Waals surface area contributed by atoms with E-state index < -0.39 is 0 Å². The fourth-order valence-electron chi connectivity index (χ4n) is 4.10. The minimum Gasteiger partial charge on any atom is -0.310 e. The van der Waals surface area contributed by atoms with E-state index in [4.69, 9.17) is 0 Å². The van der Waals surface area contributed by atoms with Crippen molar-refractivity contribution < 1.29 is 0 Å². The fourth-order valence-corrected chi connectivity index (χ4v) is 4.10. The van der Waals surface area contributed by atoms with Crippen molar-refractivity contribution in [3.8, 4) is 16.8 Å². The second-order valence-corrected chi connectivity index (χ2v) is 7.08. The Morgan fingerprint density at radius 3 is 2.50 bits per heavy atom. The monoisotopic (exact) mass is 335 g/mol. The van der Waals surface area contributed by atoms with Crippen molar-refractivity contribution in [2.75, 3.05) is 0 Å². The lowest BCUT2D eigenvalue weighted by Gasteiger charge is -2.11. The number of rotatable bonds is 2. The molecule has 0 bridgehead atoms. The van der Waals surface area contributed by atoms with Gasteiger partial charge >= 0.3 is 0 Å². The Morgan fingerprint density at radius 2 is 1.65 bits per heavy atom. The average Bonchev–Trinajstić information content (AvgIpc) is 3.02. The van der Waals surface area contributed by atoms with Crippen LogP contribution in [0.15, 0.2) is 78.9 Å². The molecule has 1 aromatic heterocycles. The van der Waals surface area contributed by atoms with Gasteiger partial charge in [-0.05, 0) is 66.8 Å². The predicted molar refractivity (Wildman–Crippen MR) is 111 cm³/mol. The Hall–Kier alpha value is -3.06. The zero-order chi connectivity index (χ0) is 17.5. The number of hydrogen-bond donors (Lipinski definition) is 0. The SMILES string of the molecule is Cc1cccc(-c2ccc3c(c2)c2c(n3-c3ccccc3)C=CCC2)c1. The van der Waals surface area contributed by atoms with Gasteiger partial charge in [0.05, 0.1) is 5.52 Å². The maximum atomic E-state index is 2.40. The number of fused-ring (bicyclic) bond motifs is 3. The highest BCUT2D eigenvalue weighted by atomic mass is 15.0. The molecule has 0 unspecified atom stereocenters. The third kappa shape index (κ3) is 2.40. The molecule has 0 atom stereocenters. The van der Waals surface area contributed by atoms with E-state index in [1.165, 1.54) is 44.5 Å². The van der Waals surface area contributed by atoms with Crippen molar-refractivity contribution >= 4 is 17.0 Å². The molecule has 0 N–H and O–H groups in total. The Morgan fingerprint density at radius 1 is 0.808 bits per heavy atom. The summed E-state index contributed by atoms with van der Waals surface area (Å²) in [5.41, 5.74) is 9.22. The number of para-hydroxylation sites is 1. The molecule has 1 nitrogen and oxygen atoms in total. The van der Waals surface area contributed by atoms with Crippen molar-refractivity contribution in [1.29, 1.82) is 0 Å². The normalized spacial score (nSPS) is 13.1. The second-order valence-electron chi connectivity index (χ2n) is 7.08. The zero-order valence-corrected chi connectivity index (χ0v) is 14.9. The molecule has 1 aliphatic rings. The van der Waals surface area contributed by atoms with E-state index in [1.807, 2.05) is 0 Å². The van der Waals surface area contributed by atoms with E-state index in [0.29, 0.717) is 0 Å². The van der Waals surface area contributed by atoms with Crippen LogP contribution < -0.4 is 0 Å². The molecule has 0 saturated carbocycles. The summed E-state index contributed by atoms with van der Waals surface area (Å²) in [6.45, 7) is 2.15. The molecule has 0 fully saturated rings. The highest BCUT2D eigenvalue weighted by Gasteiger charge is 2.18. The van der Waals surface area contributed by atoms with Gasteiger partial charge in [-0.2, -0.15) is 0 Å². The molecule has 1 aliphatic carbocycles. The summed E-state index contributed by atoms with van der Waals surface area (Å²) in [5, 5.41) is 1.38. The Balaban J connectivity index is 1.79. The number of hydrogen-bond acceptors (Lipinski definition) is 0. The van der Waals surface area contributed by atoms with Gasteiger partial charge in [0.1, 0.15) is 0 Å². The van der Waals surface area contributed by atoms with Crippen LogP contribution in [-0.4, -0.2) is 4.57 Å². The first-order valence-corrected chi connectivity index (χ1v) is 9.27. The van der Waals surface area contributed by atoms with Crippen LogP contribution in [0.2, 0.25) is 0 Å². The van der Waals surface area contributed by atoms with Crippen LogP contribution in [0.1, 0.15) is 23.2 Å². The summed E-state index contributed by atoms with van der Waals surface area (Å²) in [6.07, 6.45) is 6.81. The van der Waals surface area contributed by atoms with Gasteiger partial charge in [0, 0.05) is 16.8 Å². The summed E-state index contributed by atoms with van der Waals surface area (Å²) >= 11 is 0. The van der Waals surface area contributed by atoms with Crippen molar-refractivity contribution in [2.45, 2.75) is 19.8 Å². The summed E-state index contributed by atoms with van der Waals surface area (Å²) < 4.78 is 2.40. The molecule has 0 saturated heterocycles. The molecule has 126 valence electrons. The highest BCUT2D eigenvalue weighted by molar-refractivity contribution is 5.93. The smallest absolute Gasteiger partial charge is 0.0538 e. The quantitative estimate of drug-likeness (QED) is 0.390. The van der Waals surface area contributed by atoms with Crippen molar-refractivity contribution in [3.63, 3.8) is 0 Å². The third-order valence-electron chi connectivity index (χ3n) is 5.32. The molecule has 3 aromatic carbocycles. The summed E-state index contributed by atoms with van der Waals surface area (Å²) in [7, 11) is 0. The standard InChI is InChI=1S/C25H21N/c1-18-8-7-9-19(16-18)20-14-15-25-23(17-20)22-12-5-6-13-24(22)26(25)21-10-3-2-4-11-21/h2-4,6-11,13-17H,5,12H2,1H3. The van der Waals surface area contributed by atoms with E-state index >= 15 is 0 Å². The van der Waals surface area contributed by atoms with Gasteiger partial charge in [0.2, 0.25) is 0 Å². The first kappa shape index (κ1) is 15.2. The minimum atomic E-state index is 1.11. The first-order valence-electron chi connectivity index (χ1n) is 9.27. The Kier molecular flexibility index (Phi) is 3.53. The van der Waals surface area contributed by atoms with Gasteiger partial charge in [0.25, 0.3) is 0 Å². The molecule has 0 amide bonds. The fraction of sp³-hybridized carbons (Fsp3) is 0.120. The van der Waals surface area contributed by atoms with Crippen LogP contribution >= 0.6 is 0 Å². The lowest BCUT2D eigenvalue weighted by Crippen LogP contribution is -1.99. The molecular formula is C25H21N. The van der Waals surface area contributed by atoms with Gasteiger partial charge in [-0.25, -0.2) is 0 Å². The van der Waals surface area contributed by atoms with Gasteiger partial charge < -0.3 is 4.57 Å². The van der Waals surface area contributed by atoms with Crippen LogP contribution in [-0.2, 0) is 6.42 Å². The average molecular weight is 335 g/mol. The highest BCUT2D eigenvalue weighted by Crippen LogP contribution is 2.36. The van der Waals surface area contributed by atoms with Crippen LogP contribution in [0.25, 0.3) is 33.8 Å². The molecule has 0 radical (unpaired) electrons. The van der Waals surface area contributed by atoms with Crippen molar-refractivity contribution in [3.05, 3.63) is 95.7 Å². The topological polar surface area (TPSA) is 4.93 Å². The molecule has 26 heavy (non-hydrogen) atoms. The first-order chi connectivity index (χ1) is 12.8. The number of nitrogens with zero attached hydrogens (tertiary/aromatic N) is 1. The largest absolute Gasteiger partial charge is 0.310 e. The van der Waals surface area contributed by atoms with Crippen LogP contribution in [0.4, 0.5) is 0 Å². The number of aryl methyl sites for hydroxylation is 2. The van der Waals surface area contributed by atoms with Crippen LogP contribution in [0.5, 0.6) is 0 Å². The van der Waals surface area contributed by atoms with Crippen LogP contribution in [0, 0.1) is 6.92 Å². The molecule has 0 spiro atoms. The molecule has 1 heteroatoms. The van der Waals surface area contributed by atoms with Crippen molar-refractivity contribution in [2.24, 2.45) is 0 Å². The molecular weight excluding hydrogens is 314 g/mol. The molecule has 5 rings (SSSR count). The Bertz CT molecular complexity index is 1130. The number of benzene rings is 3. The second kappa shape index (κ2) is 6.03. The number of aromatic nitrogens is 1. The number of allylic oxidation sites excluding steroid dienone is 1. The van der Waals surface area contributed by atoms with E-state index in [2.05, 4.69) is 96.4 Å². The van der Waals surface area contributed by atoms with Gasteiger partial charge in [-0.1, -0.05) is 60.2 Å². The maximum absolute atomic E-state index is 2.40. The maximum Gasteiger partial charge on any atom is 0.0538 e. The van der Waals surface area contributed by atoms with Gasteiger partial charge in [-0.3, -0.25) is 0 Å². The summed E-state index contributed by atoms with van der Waals surface area (Å²) in [4.78, 5) is 0. The minimum absolute atomic E-state index is 1.11. The summed E-state index contributed by atoms with van der Waals surface area (Å²) in [5.74, 6) is 0. The summed E-state index contributed by atoms with van der Waals surface area (Å²) in [6, 6.07) is 26.4. The lowest BCUT2D eigenvalue weighted by atomic mass is 9.97. The van der Waals surface area contributed by atoms with Crippen molar-refractivity contribution in [1.82, 2.24) is 4.57 Å². The van der Waals surface area contributed by atoms with E-state index in [-0.39, 0.29) is 0 Å². The Labute approximate surface area is 154 Å².